The van der Waals surface area contributed by atoms with Gasteiger partial charge in [-0.2, -0.15) is 0 Å². The Labute approximate surface area is 117 Å². The minimum Gasteiger partial charge on any atom is -0.207 e. The molecule has 0 radical (unpaired) electrons. The van der Waals surface area contributed by atoms with Crippen molar-refractivity contribution < 1.29 is 12.8 Å². The topological polar surface area (TPSA) is 46.2 Å². The number of thiophene rings is 1. The number of hydrogen-bond donors (Lipinski definition) is 1. The Morgan fingerprint density at radius 2 is 1.94 bits per heavy atom. The van der Waals surface area contributed by atoms with Crippen LogP contribution in [0.15, 0.2) is 45.1 Å². The molecule has 0 saturated heterocycles. The van der Waals surface area contributed by atoms with E-state index in [1.54, 1.807) is 6.07 Å². The first-order valence-electron chi connectivity index (χ1n) is 4.97. The highest BCUT2D eigenvalue weighted by Gasteiger charge is 2.18. The minimum atomic E-state index is -3.81. The van der Waals surface area contributed by atoms with Crippen LogP contribution < -0.4 is 4.72 Å². The lowest BCUT2D eigenvalue weighted by atomic mass is 10.4. The second-order valence-corrected chi connectivity index (χ2v) is 7.74. The summed E-state index contributed by atoms with van der Waals surface area (Å²) in [6.07, 6.45) is 0. The third kappa shape index (κ3) is 3.17. The normalized spacial score (nSPS) is 11.7. The van der Waals surface area contributed by atoms with Crippen LogP contribution in [-0.4, -0.2) is 8.42 Å². The van der Waals surface area contributed by atoms with Gasteiger partial charge in [-0.3, -0.25) is 0 Å². The van der Waals surface area contributed by atoms with E-state index in [9.17, 15) is 12.8 Å². The smallest absolute Gasteiger partial charge is 0.207 e. The van der Waals surface area contributed by atoms with Gasteiger partial charge in [-0.1, -0.05) is 12.1 Å². The number of benzene rings is 1. The predicted octanol–water partition coefficient (Wildman–Crippen LogP) is 3.13. The first-order chi connectivity index (χ1) is 8.49. The Morgan fingerprint density at radius 3 is 2.56 bits per heavy atom. The molecule has 96 valence electrons. The SMILES string of the molecule is O=S(=O)(NCc1ccc(Br)s1)c1ccccc1F. The van der Waals surface area contributed by atoms with E-state index in [1.807, 2.05) is 6.07 Å². The maximum absolute atomic E-state index is 13.4. The molecule has 0 unspecified atom stereocenters. The first-order valence-corrected chi connectivity index (χ1v) is 8.07. The van der Waals surface area contributed by atoms with Crippen LogP contribution in [0.3, 0.4) is 0 Å². The summed E-state index contributed by atoms with van der Waals surface area (Å²) >= 11 is 4.71. The molecule has 0 bridgehead atoms. The van der Waals surface area contributed by atoms with Crippen molar-refractivity contribution in [3.8, 4) is 0 Å². The van der Waals surface area contributed by atoms with Crippen molar-refractivity contribution in [3.63, 3.8) is 0 Å². The van der Waals surface area contributed by atoms with Gasteiger partial charge in [0.1, 0.15) is 10.7 Å². The molecule has 3 nitrogen and oxygen atoms in total. The van der Waals surface area contributed by atoms with Gasteiger partial charge >= 0.3 is 0 Å². The highest BCUT2D eigenvalue weighted by Crippen LogP contribution is 2.22. The number of halogens is 2. The Hall–Kier alpha value is -0.760. The molecule has 0 aliphatic carbocycles. The van der Waals surface area contributed by atoms with Gasteiger partial charge in [0.05, 0.1) is 3.79 Å². The molecule has 0 aliphatic rings. The minimum absolute atomic E-state index is 0.146. The average molecular weight is 350 g/mol. The van der Waals surface area contributed by atoms with Crippen molar-refractivity contribution in [2.45, 2.75) is 11.4 Å². The van der Waals surface area contributed by atoms with Crippen LogP contribution in [0.25, 0.3) is 0 Å². The maximum Gasteiger partial charge on any atom is 0.243 e. The Kier molecular flexibility index (Phi) is 4.16. The number of nitrogens with one attached hydrogen (secondary N) is 1. The van der Waals surface area contributed by atoms with Crippen LogP contribution in [0.1, 0.15) is 4.88 Å². The molecule has 2 rings (SSSR count). The lowest BCUT2D eigenvalue weighted by molar-refractivity contribution is 0.557. The molecule has 0 saturated carbocycles. The molecule has 1 N–H and O–H groups in total. The maximum atomic E-state index is 13.4. The predicted molar refractivity (Wildman–Crippen MR) is 72.4 cm³/mol. The molecule has 1 aromatic carbocycles. The average Bonchev–Trinajstić information content (AvgIpc) is 2.73. The third-order valence-electron chi connectivity index (χ3n) is 2.19. The molecule has 18 heavy (non-hydrogen) atoms. The van der Waals surface area contributed by atoms with Crippen LogP contribution in [0.4, 0.5) is 4.39 Å². The monoisotopic (exact) mass is 349 g/mol. The van der Waals surface area contributed by atoms with Gasteiger partial charge in [-0.25, -0.2) is 17.5 Å². The molecular formula is C11H9BrFNO2S2. The molecule has 0 spiro atoms. The fraction of sp³-hybridized carbons (Fsp3) is 0.0909. The Morgan fingerprint density at radius 1 is 1.22 bits per heavy atom. The van der Waals surface area contributed by atoms with Gasteiger partial charge in [0.25, 0.3) is 0 Å². The second-order valence-electron chi connectivity index (χ2n) is 3.46. The standard InChI is InChI=1S/C11H9BrFNO2S2/c12-11-6-5-8(17-11)7-14-18(15,16)10-4-2-1-3-9(10)13/h1-6,14H,7H2. The van der Waals surface area contributed by atoms with Gasteiger partial charge in [-0.05, 0) is 40.2 Å². The summed E-state index contributed by atoms with van der Waals surface area (Å²) in [5.74, 6) is -0.752. The van der Waals surface area contributed by atoms with E-state index < -0.39 is 15.8 Å². The lowest BCUT2D eigenvalue weighted by Crippen LogP contribution is -2.23. The molecule has 0 aliphatic heterocycles. The first kappa shape index (κ1) is 13.7. The summed E-state index contributed by atoms with van der Waals surface area (Å²) in [6.45, 7) is 0.146. The molecule has 0 fully saturated rings. The number of rotatable bonds is 4. The van der Waals surface area contributed by atoms with Gasteiger partial charge in [0, 0.05) is 11.4 Å². The second kappa shape index (κ2) is 5.48. The molecule has 1 heterocycles. The van der Waals surface area contributed by atoms with Crippen molar-refractivity contribution >= 4 is 37.3 Å². The summed E-state index contributed by atoms with van der Waals surface area (Å²) in [4.78, 5) is 0.516. The summed E-state index contributed by atoms with van der Waals surface area (Å²) in [6, 6.07) is 8.93. The summed E-state index contributed by atoms with van der Waals surface area (Å²) in [7, 11) is -3.81. The molecule has 2 aromatic rings. The highest BCUT2D eigenvalue weighted by molar-refractivity contribution is 9.11. The van der Waals surface area contributed by atoms with E-state index >= 15 is 0 Å². The van der Waals surface area contributed by atoms with E-state index in [2.05, 4.69) is 20.7 Å². The highest BCUT2D eigenvalue weighted by atomic mass is 79.9. The number of hydrogen-bond acceptors (Lipinski definition) is 3. The van der Waals surface area contributed by atoms with Crippen molar-refractivity contribution in [2.75, 3.05) is 0 Å². The van der Waals surface area contributed by atoms with Gasteiger partial charge in [-0.15, -0.1) is 11.3 Å². The van der Waals surface area contributed by atoms with E-state index in [0.717, 1.165) is 14.7 Å². The van der Waals surface area contributed by atoms with E-state index in [1.165, 1.54) is 29.5 Å². The largest absolute Gasteiger partial charge is 0.243 e. The zero-order valence-corrected chi connectivity index (χ0v) is 12.3. The van der Waals surface area contributed by atoms with Gasteiger partial charge in [0.2, 0.25) is 10.0 Å². The Balaban J connectivity index is 2.16. The molecule has 0 atom stereocenters. The van der Waals surface area contributed by atoms with E-state index in [4.69, 9.17) is 0 Å². The van der Waals surface area contributed by atoms with Crippen LogP contribution >= 0.6 is 27.3 Å². The summed E-state index contributed by atoms with van der Waals surface area (Å²) in [5, 5.41) is 0. The zero-order valence-electron chi connectivity index (χ0n) is 9.06. The van der Waals surface area contributed by atoms with Crippen LogP contribution in [0, 0.1) is 5.82 Å². The van der Waals surface area contributed by atoms with E-state index in [-0.39, 0.29) is 11.4 Å². The summed E-state index contributed by atoms with van der Waals surface area (Å²) in [5.41, 5.74) is 0. The summed E-state index contributed by atoms with van der Waals surface area (Å²) < 4.78 is 40.4. The van der Waals surface area contributed by atoms with E-state index in [0.29, 0.717) is 0 Å². The molecule has 7 heteroatoms. The van der Waals surface area contributed by atoms with Crippen molar-refractivity contribution in [3.05, 3.63) is 50.9 Å². The van der Waals surface area contributed by atoms with Crippen molar-refractivity contribution in [1.29, 1.82) is 0 Å². The molecule has 0 amide bonds. The van der Waals surface area contributed by atoms with Crippen LogP contribution in [-0.2, 0) is 16.6 Å². The quantitative estimate of drug-likeness (QED) is 0.921. The Bertz CT molecular complexity index is 655. The fourth-order valence-corrected chi connectivity index (χ4v) is 3.95. The fourth-order valence-electron chi connectivity index (χ4n) is 1.35. The van der Waals surface area contributed by atoms with Crippen LogP contribution in [0.5, 0.6) is 0 Å². The zero-order chi connectivity index (χ0) is 13.2. The molecule has 1 aromatic heterocycles. The van der Waals surface area contributed by atoms with Crippen LogP contribution in [0.2, 0.25) is 0 Å². The van der Waals surface area contributed by atoms with Gasteiger partial charge < -0.3 is 0 Å². The number of sulfonamides is 1. The third-order valence-corrected chi connectivity index (χ3v) is 5.25. The lowest BCUT2D eigenvalue weighted by Gasteiger charge is -2.06. The van der Waals surface area contributed by atoms with Crippen molar-refractivity contribution in [2.24, 2.45) is 0 Å². The molecular weight excluding hydrogens is 341 g/mol. The van der Waals surface area contributed by atoms with Crippen molar-refractivity contribution in [1.82, 2.24) is 4.72 Å². The van der Waals surface area contributed by atoms with Gasteiger partial charge in [0.15, 0.2) is 0 Å².